The fourth-order valence-electron chi connectivity index (χ4n) is 3.36. The maximum absolute atomic E-state index is 12.5. The molecule has 2 atom stereocenters. The Kier molecular flexibility index (Phi) is 6.56. The number of nitrogens with one attached hydrogen (secondary N) is 2. The van der Waals surface area contributed by atoms with Crippen molar-refractivity contribution in [2.24, 2.45) is 0 Å². The third kappa shape index (κ3) is 5.37. The van der Waals surface area contributed by atoms with Crippen LogP contribution >= 0.6 is 0 Å². The van der Waals surface area contributed by atoms with Gasteiger partial charge in [-0.1, -0.05) is 58.0 Å². The zero-order valence-electron chi connectivity index (χ0n) is 16.1. The van der Waals surface area contributed by atoms with Crippen LogP contribution in [0, 0.1) is 0 Å². The monoisotopic (exact) mass is 366 g/mol. The Morgan fingerprint density at radius 1 is 1.12 bits per heavy atom. The smallest absolute Gasteiger partial charge is 0.381 e. The summed E-state index contributed by atoms with van der Waals surface area (Å²) in [7, 11) is 0. The third-order valence-electron chi connectivity index (χ3n) is 4.64. The van der Waals surface area contributed by atoms with Gasteiger partial charge in [-0.05, 0) is 41.5 Å². The van der Waals surface area contributed by atoms with Gasteiger partial charge in [0.1, 0.15) is 0 Å². The number of benzene rings is 1. The third-order valence-corrected chi connectivity index (χ3v) is 4.64. The fourth-order valence-corrected chi connectivity index (χ4v) is 3.36. The first-order valence-corrected chi connectivity index (χ1v) is 9.14. The van der Waals surface area contributed by atoms with Crippen LogP contribution in [0.5, 0.6) is 0 Å². The molecule has 0 bridgehead atoms. The summed E-state index contributed by atoms with van der Waals surface area (Å²) in [5.41, 5.74) is 4.59. The van der Waals surface area contributed by atoms with E-state index < -0.39 is 12.7 Å². The number of hydrogen-bond donors (Lipinski definition) is 2. The maximum Gasteiger partial charge on any atom is 0.401 e. The Labute approximate surface area is 154 Å². The lowest BCUT2D eigenvalue weighted by molar-refractivity contribution is -0.125. The van der Waals surface area contributed by atoms with Crippen LogP contribution in [0.25, 0.3) is 6.08 Å². The first-order valence-electron chi connectivity index (χ1n) is 9.14. The molecule has 0 amide bonds. The number of alkyl halides is 3. The van der Waals surface area contributed by atoms with Crippen molar-refractivity contribution in [1.82, 2.24) is 10.6 Å². The van der Waals surface area contributed by atoms with E-state index in [-0.39, 0.29) is 12.1 Å². The molecule has 5 heteroatoms. The Hall–Kier alpha value is -1.75. The van der Waals surface area contributed by atoms with Crippen molar-refractivity contribution in [1.29, 1.82) is 0 Å². The van der Waals surface area contributed by atoms with Crippen molar-refractivity contribution in [2.45, 2.75) is 64.7 Å². The molecule has 2 N–H and O–H groups in total. The van der Waals surface area contributed by atoms with Gasteiger partial charge in [0.05, 0.1) is 18.6 Å². The van der Waals surface area contributed by atoms with Crippen LogP contribution in [-0.4, -0.2) is 24.8 Å². The summed E-state index contributed by atoms with van der Waals surface area (Å²) in [5.74, 6) is 0.757. The molecule has 0 saturated heterocycles. The van der Waals surface area contributed by atoms with E-state index in [0.29, 0.717) is 11.8 Å². The Bertz CT molecular complexity index is 646. The maximum atomic E-state index is 12.5. The number of allylic oxidation sites excluding steroid dienone is 1. The van der Waals surface area contributed by atoms with E-state index in [9.17, 15) is 13.2 Å². The minimum Gasteiger partial charge on any atom is -0.381 e. The summed E-state index contributed by atoms with van der Waals surface area (Å²) in [6.45, 7) is 9.51. The second-order valence-electron chi connectivity index (χ2n) is 7.56. The second-order valence-corrected chi connectivity index (χ2v) is 7.56. The molecule has 1 aromatic carbocycles. The van der Waals surface area contributed by atoms with Gasteiger partial charge in [0.15, 0.2) is 0 Å². The summed E-state index contributed by atoms with van der Waals surface area (Å²) in [4.78, 5) is 0. The minimum atomic E-state index is -4.21. The van der Waals surface area contributed by atoms with Crippen LogP contribution < -0.4 is 10.6 Å². The van der Waals surface area contributed by atoms with Gasteiger partial charge in [-0.2, -0.15) is 13.2 Å². The first-order chi connectivity index (χ1) is 12.1. The lowest BCUT2D eigenvalue weighted by Gasteiger charge is -2.21. The SMILES string of the molecule is CC1=CC(NCC(F)(F)F)[C@H](/C=C/c2c(C(C)C)cccc2C(C)C)N1. The highest BCUT2D eigenvalue weighted by atomic mass is 19.4. The molecule has 1 unspecified atom stereocenters. The molecule has 1 heterocycles. The Morgan fingerprint density at radius 2 is 1.69 bits per heavy atom. The van der Waals surface area contributed by atoms with Crippen LogP contribution in [0.15, 0.2) is 36.0 Å². The number of rotatable bonds is 6. The Balaban J connectivity index is 2.25. The molecule has 1 aliphatic rings. The molecule has 2 nitrogen and oxygen atoms in total. The lowest BCUT2D eigenvalue weighted by Crippen LogP contribution is -2.43. The van der Waals surface area contributed by atoms with Crippen molar-refractivity contribution in [2.75, 3.05) is 6.54 Å². The highest BCUT2D eigenvalue weighted by Crippen LogP contribution is 2.29. The first kappa shape index (κ1) is 20.6. The van der Waals surface area contributed by atoms with Crippen LogP contribution in [-0.2, 0) is 0 Å². The molecule has 144 valence electrons. The van der Waals surface area contributed by atoms with Crippen molar-refractivity contribution in [3.05, 3.63) is 52.7 Å². The lowest BCUT2D eigenvalue weighted by atomic mass is 9.88. The molecule has 0 saturated carbocycles. The van der Waals surface area contributed by atoms with E-state index in [1.165, 1.54) is 16.7 Å². The molecular weight excluding hydrogens is 337 g/mol. The minimum absolute atomic E-state index is 0.197. The highest BCUT2D eigenvalue weighted by molar-refractivity contribution is 5.60. The molecule has 0 radical (unpaired) electrons. The average molecular weight is 366 g/mol. The van der Waals surface area contributed by atoms with E-state index in [4.69, 9.17) is 0 Å². The number of halogens is 3. The molecule has 1 aliphatic heterocycles. The van der Waals surface area contributed by atoms with Gasteiger partial charge in [-0.15, -0.1) is 0 Å². The average Bonchev–Trinajstić information content (AvgIpc) is 2.89. The molecule has 0 spiro atoms. The highest BCUT2D eigenvalue weighted by Gasteiger charge is 2.31. The van der Waals surface area contributed by atoms with E-state index in [2.05, 4.69) is 62.6 Å². The largest absolute Gasteiger partial charge is 0.401 e. The summed E-state index contributed by atoms with van der Waals surface area (Å²) >= 11 is 0. The van der Waals surface area contributed by atoms with Crippen molar-refractivity contribution < 1.29 is 13.2 Å². The van der Waals surface area contributed by atoms with E-state index in [1.54, 1.807) is 0 Å². The van der Waals surface area contributed by atoms with Gasteiger partial charge >= 0.3 is 6.18 Å². The molecule has 0 fully saturated rings. The van der Waals surface area contributed by atoms with Gasteiger partial charge in [0.2, 0.25) is 0 Å². The second kappa shape index (κ2) is 8.30. The van der Waals surface area contributed by atoms with Crippen molar-refractivity contribution in [3.8, 4) is 0 Å². The van der Waals surface area contributed by atoms with Gasteiger partial charge < -0.3 is 10.6 Å². The van der Waals surface area contributed by atoms with Crippen LogP contribution in [0.2, 0.25) is 0 Å². The quantitative estimate of drug-likeness (QED) is 0.710. The molecular formula is C21H29F3N2. The van der Waals surface area contributed by atoms with Crippen molar-refractivity contribution >= 4 is 6.08 Å². The molecule has 26 heavy (non-hydrogen) atoms. The van der Waals surface area contributed by atoms with Gasteiger partial charge in [-0.3, -0.25) is 0 Å². The Morgan fingerprint density at radius 3 is 2.19 bits per heavy atom. The molecule has 0 aliphatic carbocycles. The van der Waals surface area contributed by atoms with E-state index >= 15 is 0 Å². The van der Waals surface area contributed by atoms with Gasteiger partial charge in [-0.25, -0.2) is 0 Å². The summed E-state index contributed by atoms with van der Waals surface area (Å²) < 4.78 is 37.6. The van der Waals surface area contributed by atoms with Crippen molar-refractivity contribution in [3.63, 3.8) is 0 Å². The number of hydrogen-bond acceptors (Lipinski definition) is 2. The molecule has 1 aromatic rings. The topological polar surface area (TPSA) is 24.1 Å². The van der Waals surface area contributed by atoms with E-state index in [0.717, 1.165) is 5.70 Å². The normalized spacial score (nSPS) is 20.9. The fraction of sp³-hybridized carbons (Fsp3) is 0.524. The van der Waals surface area contributed by atoms with Gasteiger partial charge in [0, 0.05) is 5.70 Å². The zero-order chi connectivity index (χ0) is 19.5. The van der Waals surface area contributed by atoms with E-state index in [1.807, 2.05) is 19.1 Å². The predicted octanol–water partition coefficient (Wildman–Crippen LogP) is 5.34. The standard InChI is InChI=1S/C21H29F3N2/c1-13(2)16-7-6-8-17(14(3)4)18(16)9-10-19-20(11-15(5)26-19)25-12-21(22,23)24/h6-11,13-14,19-20,25-26H,12H2,1-5H3/b10-9+/t19-,20?/m0/s1. The van der Waals surface area contributed by atoms with Crippen LogP contribution in [0.1, 0.15) is 63.1 Å². The van der Waals surface area contributed by atoms with Gasteiger partial charge in [0.25, 0.3) is 0 Å². The predicted molar refractivity (Wildman–Crippen MR) is 102 cm³/mol. The zero-order valence-corrected chi connectivity index (χ0v) is 16.1. The molecule has 0 aromatic heterocycles. The summed E-state index contributed by atoms with van der Waals surface area (Å²) in [5, 5.41) is 5.85. The molecule has 2 rings (SSSR count). The summed E-state index contributed by atoms with van der Waals surface area (Å²) in [6, 6.07) is 5.76. The van der Waals surface area contributed by atoms with Crippen LogP contribution in [0.3, 0.4) is 0 Å². The summed E-state index contributed by atoms with van der Waals surface area (Å²) in [6.07, 6.45) is 1.65. The van der Waals surface area contributed by atoms with Crippen LogP contribution in [0.4, 0.5) is 13.2 Å².